The molecule has 2 heterocycles. The zero-order valence-corrected chi connectivity index (χ0v) is 38.5. The fourth-order valence-electron chi connectivity index (χ4n) is 14.9. The van der Waals surface area contributed by atoms with Gasteiger partial charge in [0.2, 0.25) is 0 Å². The molecular weight excluding hydrogens is 789 g/mol. The summed E-state index contributed by atoms with van der Waals surface area (Å²) in [4.78, 5) is 15.4. The quantitative estimate of drug-likeness (QED) is 0.107. The van der Waals surface area contributed by atoms with E-state index in [0.29, 0.717) is 62.5 Å². The Bertz CT molecular complexity index is 1700. The third-order valence-corrected chi connectivity index (χ3v) is 17.9. The molecule has 4 saturated carbocycles. The summed E-state index contributed by atoms with van der Waals surface area (Å²) >= 11 is 0. The lowest BCUT2D eigenvalue weighted by Gasteiger charge is -2.65. The molecule has 2 aliphatic heterocycles. The first-order valence-corrected chi connectivity index (χ1v) is 24.4. The maximum Gasteiger partial charge on any atom is 0.182 e. The van der Waals surface area contributed by atoms with E-state index in [2.05, 4.69) is 29.8 Å². The zero-order valence-electron chi connectivity index (χ0n) is 38.5. The van der Waals surface area contributed by atoms with Gasteiger partial charge in [0, 0.05) is 30.2 Å². The zero-order chi connectivity index (χ0) is 44.9. The summed E-state index contributed by atoms with van der Waals surface area (Å²) < 4.78 is 6.77. The Kier molecular flexibility index (Phi) is 14.5. The van der Waals surface area contributed by atoms with E-state index in [-0.39, 0.29) is 68.0 Å². The average molecular weight is 871 g/mol. The number of aliphatic hydroxyl groups is 7. The van der Waals surface area contributed by atoms with E-state index in [1.54, 1.807) is 13.8 Å². The van der Waals surface area contributed by atoms with Crippen LogP contribution in [0.1, 0.15) is 131 Å². The standard InChI is InChI=1S/C49H82N4O9/c1-7-9-29-11-14-32-28(3)44(62-37(32)15-12-29)45(59)47(5,60)38-18-20-49(61)41-40(31(26-51-6)23-46(38,49)4)48(19-17-30-13-16-39(50)53-34(30)10-8-21-54)24-36(57)35(56)22-33(48)43(58)42(41)52-25-27(2)55/h13,16,27-29,31-33,35-40,44-45,51-57,59-61H,7-12,14-15,17-26,50H2,1-6H3/t27-,28-,29+,31+,32-,33-,35+,36-,37+,38-,39?,40-,44+,45+,46+,47+,48-,49+/m0/s1. The molecule has 1 saturated heterocycles. The highest BCUT2D eigenvalue weighted by Gasteiger charge is 2.73. The number of dihydropyridines is 1. The second kappa shape index (κ2) is 18.8. The van der Waals surface area contributed by atoms with Gasteiger partial charge in [-0.2, -0.15) is 0 Å². The number of rotatable bonds is 16. The third-order valence-electron chi connectivity index (χ3n) is 17.9. The van der Waals surface area contributed by atoms with Gasteiger partial charge in [0.25, 0.3) is 0 Å². The van der Waals surface area contributed by atoms with Gasteiger partial charge >= 0.3 is 0 Å². The first kappa shape index (κ1) is 48.0. The van der Waals surface area contributed by atoms with Crippen LogP contribution in [0, 0.1) is 52.3 Å². The van der Waals surface area contributed by atoms with E-state index in [1.165, 1.54) is 12.8 Å². The molecule has 0 amide bonds. The van der Waals surface area contributed by atoms with Crippen molar-refractivity contribution in [2.45, 2.75) is 185 Å². The molecule has 352 valence electrons. The van der Waals surface area contributed by atoms with Crippen LogP contribution in [0.25, 0.3) is 0 Å². The highest BCUT2D eigenvalue weighted by atomic mass is 16.5. The minimum Gasteiger partial charge on any atom is -0.396 e. The number of hydrogen-bond donors (Lipinski definition) is 11. The lowest BCUT2D eigenvalue weighted by molar-refractivity contribution is -0.206. The smallest absolute Gasteiger partial charge is 0.182 e. The van der Waals surface area contributed by atoms with Crippen molar-refractivity contribution in [1.82, 2.24) is 16.0 Å². The number of Topliss-reactive ketones (excluding diaryl/α,β-unsaturated/α-hetero) is 1. The molecular formula is C49H82N4O9. The summed E-state index contributed by atoms with van der Waals surface area (Å²) in [5, 5.41) is 92.6. The molecule has 5 fully saturated rings. The minimum absolute atomic E-state index is 0.0294. The number of carbonyl (C=O) groups excluding carboxylic acids is 1. The molecule has 1 unspecified atom stereocenters. The summed E-state index contributed by atoms with van der Waals surface area (Å²) in [7, 11) is 1.90. The third kappa shape index (κ3) is 8.29. The van der Waals surface area contributed by atoms with Crippen molar-refractivity contribution in [2.75, 3.05) is 26.7 Å². The van der Waals surface area contributed by atoms with Crippen molar-refractivity contribution < 1.29 is 45.3 Å². The number of carbonyl (C=O) groups is 1. The molecule has 0 aromatic rings. The monoisotopic (exact) mass is 871 g/mol. The van der Waals surface area contributed by atoms with Crippen LogP contribution in [0.2, 0.25) is 0 Å². The number of nitrogens with one attached hydrogen (secondary N) is 3. The molecule has 62 heavy (non-hydrogen) atoms. The Morgan fingerprint density at radius 1 is 1.10 bits per heavy atom. The van der Waals surface area contributed by atoms with Crippen LogP contribution >= 0.6 is 0 Å². The van der Waals surface area contributed by atoms with E-state index in [1.807, 2.05) is 26.1 Å². The van der Waals surface area contributed by atoms with Crippen LogP contribution in [0.4, 0.5) is 0 Å². The van der Waals surface area contributed by atoms with E-state index < -0.39 is 70.3 Å². The molecule has 7 aliphatic rings. The Balaban J connectivity index is 1.29. The maximum absolute atomic E-state index is 15.4. The highest BCUT2D eigenvalue weighted by molar-refractivity contribution is 6.00. The fourth-order valence-corrected chi connectivity index (χ4v) is 14.9. The second-order valence-corrected chi connectivity index (χ2v) is 21.6. The van der Waals surface area contributed by atoms with Crippen LogP contribution in [0.5, 0.6) is 0 Å². The predicted octanol–water partition coefficient (Wildman–Crippen LogP) is 3.29. The van der Waals surface area contributed by atoms with Gasteiger partial charge in [0.15, 0.2) is 5.78 Å². The van der Waals surface area contributed by atoms with Crippen LogP contribution in [-0.2, 0) is 9.53 Å². The first-order chi connectivity index (χ1) is 29.4. The predicted molar refractivity (Wildman–Crippen MR) is 238 cm³/mol. The summed E-state index contributed by atoms with van der Waals surface area (Å²) in [6.07, 6.45) is 9.03. The summed E-state index contributed by atoms with van der Waals surface area (Å²) in [6.45, 7) is 10.4. The molecule has 0 bridgehead atoms. The second-order valence-electron chi connectivity index (χ2n) is 21.6. The van der Waals surface area contributed by atoms with Crippen LogP contribution < -0.4 is 21.7 Å². The molecule has 18 atom stereocenters. The Morgan fingerprint density at radius 2 is 1.84 bits per heavy atom. The number of ketones is 1. The van der Waals surface area contributed by atoms with Gasteiger partial charge in [-0.05, 0) is 163 Å². The van der Waals surface area contributed by atoms with Crippen molar-refractivity contribution in [3.8, 4) is 0 Å². The Morgan fingerprint density at radius 3 is 2.53 bits per heavy atom. The number of fused-ring (bicyclic) bond motifs is 6. The van der Waals surface area contributed by atoms with Gasteiger partial charge in [-0.15, -0.1) is 0 Å². The van der Waals surface area contributed by atoms with Crippen molar-refractivity contribution in [3.05, 3.63) is 34.7 Å². The minimum atomic E-state index is -1.65. The summed E-state index contributed by atoms with van der Waals surface area (Å²) in [6, 6.07) is 0. The number of allylic oxidation sites excluding steroid dienone is 4. The number of nitrogens with two attached hydrogens (primary N) is 1. The van der Waals surface area contributed by atoms with Gasteiger partial charge in [0.1, 0.15) is 6.10 Å². The van der Waals surface area contributed by atoms with Crippen molar-refractivity contribution >= 4 is 5.78 Å². The first-order valence-electron chi connectivity index (χ1n) is 24.4. The number of hydrogen-bond acceptors (Lipinski definition) is 13. The van der Waals surface area contributed by atoms with Gasteiger partial charge in [0.05, 0.1) is 53.6 Å². The van der Waals surface area contributed by atoms with Gasteiger partial charge < -0.3 is 62.2 Å². The normalized spacial score (nSPS) is 43.8. The molecule has 0 spiro atoms. The SMILES string of the molecule is CCC[C@@H]1CC[C@H]2[C@H](C)[C@H]([C@@H](O)[C@](C)(O)[C@H]3CC[C@@]4(O)C5=C(NC[C@H](C)O)C(=O)[C@@H]6C[C@@H](O)[C@@H](O)C[C@]6(CCC6=C(CCCO)NC(N)C=C6)[C@H]5[C@@H](CNC)C[C@]34C)O[C@@H]2CC1. The van der Waals surface area contributed by atoms with Crippen molar-refractivity contribution in [3.63, 3.8) is 0 Å². The van der Waals surface area contributed by atoms with E-state index in [9.17, 15) is 35.7 Å². The largest absolute Gasteiger partial charge is 0.396 e. The summed E-state index contributed by atoms with van der Waals surface area (Å²) in [5.41, 5.74) is 3.95. The molecule has 0 aromatic heterocycles. The fraction of sp³-hybridized carbons (Fsp3) is 0.857. The van der Waals surface area contributed by atoms with E-state index >= 15 is 4.79 Å². The van der Waals surface area contributed by atoms with E-state index in [0.717, 1.165) is 37.0 Å². The van der Waals surface area contributed by atoms with E-state index in [4.69, 9.17) is 10.5 Å². The highest BCUT2D eigenvalue weighted by Crippen LogP contribution is 2.72. The van der Waals surface area contributed by atoms with Crippen LogP contribution in [-0.4, -0.2) is 122 Å². The number of ether oxygens (including phenoxy) is 1. The molecule has 12 N–H and O–H groups in total. The Labute approximate surface area is 370 Å². The lowest BCUT2D eigenvalue weighted by Crippen LogP contribution is -2.68. The van der Waals surface area contributed by atoms with Gasteiger partial charge in [-0.3, -0.25) is 4.79 Å². The van der Waals surface area contributed by atoms with Crippen LogP contribution in [0.15, 0.2) is 34.7 Å². The average Bonchev–Trinajstić information content (AvgIpc) is 3.59. The van der Waals surface area contributed by atoms with Gasteiger partial charge in [-0.1, -0.05) is 46.1 Å². The lowest BCUT2D eigenvalue weighted by atomic mass is 9.41. The molecule has 0 radical (unpaired) electrons. The van der Waals surface area contributed by atoms with Crippen LogP contribution in [0.3, 0.4) is 0 Å². The molecule has 0 aromatic carbocycles. The molecule has 13 heteroatoms. The molecule has 5 aliphatic carbocycles. The van der Waals surface area contributed by atoms with Crippen molar-refractivity contribution in [2.24, 2.45) is 58.0 Å². The van der Waals surface area contributed by atoms with Crippen molar-refractivity contribution in [1.29, 1.82) is 0 Å². The van der Waals surface area contributed by atoms with Gasteiger partial charge in [-0.25, -0.2) is 0 Å². The topological polar surface area (TPSA) is 230 Å². The maximum atomic E-state index is 15.4. The summed E-state index contributed by atoms with van der Waals surface area (Å²) in [5.74, 6) is -1.03. The molecule has 13 nitrogen and oxygen atoms in total. The Hall–Kier alpha value is -1.91. The number of aliphatic hydroxyl groups excluding tert-OH is 5. The molecule has 7 rings (SSSR count).